The molecule has 208 valence electrons. The number of quaternary nitrogens is 1. The number of aromatic hydroxyl groups is 2. The van der Waals surface area contributed by atoms with E-state index in [0.717, 1.165) is 18.2 Å². The zero-order valence-electron chi connectivity index (χ0n) is 20.1. The van der Waals surface area contributed by atoms with Crippen LogP contribution in [-0.2, 0) is 24.1 Å². The number of benzene rings is 2. The van der Waals surface area contributed by atoms with E-state index in [9.17, 15) is 47.7 Å². The van der Waals surface area contributed by atoms with Crippen LogP contribution in [0.4, 0.5) is 13.2 Å². The second-order valence-corrected chi connectivity index (χ2v) is 8.20. The predicted octanol–water partition coefficient (Wildman–Crippen LogP) is 1.77. The second kappa shape index (κ2) is 12.3. The SMILES string of the molecule is O=C([O-])CNC(=O)c1c(O)c(C(=O)NCc2ccccc2C(F)(F)F)c(O)n(Cc2ccccc2Cl)c1=O.[NH4+]. The number of nitrogens with zero attached hydrogens (tertiary/aromatic N) is 1. The van der Waals surface area contributed by atoms with Gasteiger partial charge in [-0.05, 0) is 23.3 Å². The van der Waals surface area contributed by atoms with Gasteiger partial charge >= 0.3 is 6.18 Å². The van der Waals surface area contributed by atoms with Crippen molar-refractivity contribution in [3.63, 3.8) is 0 Å². The first kappa shape index (κ1) is 30.7. The van der Waals surface area contributed by atoms with Gasteiger partial charge in [0.1, 0.15) is 11.1 Å². The number of alkyl halides is 3. The van der Waals surface area contributed by atoms with E-state index < -0.39 is 77.5 Å². The summed E-state index contributed by atoms with van der Waals surface area (Å²) in [6.07, 6.45) is -4.74. The van der Waals surface area contributed by atoms with Crippen LogP contribution in [0.25, 0.3) is 0 Å². The fourth-order valence-electron chi connectivity index (χ4n) is 3.51. The second-order valence-electron chi connectivity index (χ2n) is 7.80. The standard InChI is InChI=1S/C24H19ClF3N3O7.H3N/c25-15-8-4-2-6-13(15)11-31-22(37)17(19(34)18(23(31)38)21(36)30-10-16(32)33)20(35)29-9-12-5-1-3-7-14(12)24(26,27)28;/h1-8,34,37H,9-11H2,(H,29,35)(H,30,36)(H,32,33);1H3. The largest absolute Gasteiger partial charge is 0.548 e. The summed E-state index contributed by atoms with van der Waals surface area (Å²) in [4.78, 5) is 49.3. The van der Waals surface area contributed by atoms with Crippen molar-refractivity contribution in [2.45, 2.75) is 19.3 Å². The molecular formula is C24H22ClF3N4O7. The summed E-state index contributed by atoms with van der Waals surface area (Å²) in [5.74, 6) is -6.92. The first-order chi connectivity index (χ1) is 17.8. The van der Waals surface area contributed by atoms with Gasteiger partial charge in [0.2, 0.25) is 5.88 Å². The molecule has 0 atom stereocenters. The molecule has 11 nitrogen and oxygen atoms in total. The van der Waals surface area contributed by atoms with E-state index in [-0.39, 0.29) is 22.3 Å². The summed E-state index contributed by atoms with van der Waals surface area (Å²) < 4.78 is 40.4. The molecule has 0 aliphatic carbocycles. The third kappa shape index (κ3) is 6.86. The Bertz CT molecular complexity index is 1480. The molecule has 0 aliphatic heterocycles. The molecule has 0 radical (unpaired) electrons. The topological polar surface area (TPSA) is 197 Å². The number of carboxylic acid groups (broad SMARTS) is 1. The molecule has 1 heterocycles. The van der Waals surface area contributed by atoms with Gasteiger partial charge in [-0.2, -0.15) is 13.2 Å². The lowest BCUT2D eigenvalue weighted by molar-refractivity contribution is -0.303. The Labute approximate surface area is 223 Å². The normalized spacial score (nSPS) is 10.9. The van der Waals surface area contributed by atoms with Gasteiger partial charge in [-0.3, -0.25) is 19.0 Å². The summed E-state index contributed by atoms with van der Waals surface area (Å²) >= 11 is 6.10. The van der Waals surface area contributed by atoms with Gasteiger partial charge in [0, 0.05) is 11.6 Å². The number of aliphatic carboxylic acids is 1. The highest BCUT2D eigenvalue weighted by Gasteiger charge is 2.34. The zero-order valence-corrected chi connectivity index (χ0v) is 20.9. The van der Waals surface area contributed by atoms with E-state index in [0.29, 0.717) is 4.57 Å². The molecule has 1 aromatic heterocycles. The number of nitrogens with one attached hydrogen (secondary N) is 2. The molecule has 0 saturated carbocycles. The first-order valence-electron chi connectivity index (χ1n) is 10.7. The van der Waals surface area contributed by atoms with Crippen LogP contribution >= 0.6 is 11.6 Å². The monoisotopic (exact) mass is 570 g/mol. The number of pyridine rings is 1. The summed E-state index contributed by atoms with van der Waals surface area (Å²) in [7, 11) is 0. The third-order valence-corrected chi connectivity index (χ3v) is 5.68. The molecule has 0 aliphatic rings. The average molecular weight is 571 g/mol. The lowest BCUT2D eigenvalue weighted by Crippen LogP contribution is -2.41. The number of amides is 2. The Morgan fingerprint density at radius 3 is 2.08 bits per heavy atom. The molecule has 39 heavy (non-hydrogen) atoms. The van der Waals surface area contributed by atoms with Crippen molar-refractivity contribution < 1.29 is 42.9 Å². The molecule has 0 unspecified atom stereocenters. The Kier molecular flexibility index (Phi) is 9.69. The van der Waals surface area contributed by atoms with E-state index in [2.05, 4.69) is 5.32 Å². The summed E-state index contributed by atoms with van der Waals surface area (Å²) in [6, 6.07) is 10.4. The molecule has 0 spiro atoms. The predicted molar refractivity (Wildman–Crippen MR) is 131 cm³/mol. The smallest absolute Gasteiger partial charge is 0.416 e. The summed E-state index contributed by atoms with van der Waals surface area (Å²) in [5.41, 5.74) is -4.56. The maximum Gasteiger partial charge on any atom is 0.416 e. The van der Waals surface area contributed by atoms with Crippen molar-refractivity contribution in [3.8, 4) is 11.6 Å². The van der Waals surface area contributed by atoms with Crippen LogP contribution in [0.5, 0.6) is 11.6 Å². The van der Waals surface area contributed by atoms with Gasteiger partial charge in [-0.15, -0.1) is 0 Å². The van der Waals surface area contributed by atoms with Crippen molar-refractivity contribution in [2.24, 2.45) is 0 Å². The lowest BCUT2D eigenvalue weighted by atomic mass is 10.1. The summed E-state index contributed by atoms with van der Waals surface area (Å²) in [5, 5.41) is 36.2. The van der Waals surface area contributed by atoms with E-state index in [4.69, 9.17) is 11.6 Å². The van der Waals surface area contributed by atoms with Crippen LogP contribution in [0.3, 0.4) is 0 Å². The highest BCUT2D eigenvalue weighted by atomic mass is 35.5. The minimum absolute atomic E-state index is 0. The number of halogens is 4. The third-order valence-electron chi connectivity index (χ3n) is 5.31. The van der Waals surface area contributed by atoms with Crippen LogP contribution in [-0.4, -0.2) is 39.1 Å². The number of rotatable bonds is 8. The molecule has 3 aromatic rings. The average Bonchev–Trinajstić information content (AvgIpc) is 2.84. The van der Waals surface area contributed by atoms with Gasteiger partial charge in [0.05, 0.1) is 24.6 Å². The molecule has 0 fully saturated rings. The van der Waals surface area contributed by atoms with E-state index in [1.54, 1.807) is 12.1 Å². The van der Waals surface area contributed by atoms with Gasteiger partial charge < -0.3 is 36.9 Å². The van der Waals surface area contributed by atoms with Crippen molar-refractivity contribution in [1.29, 1.82) is 0 Å². The van der Waals surface area contributed by atoms with Crippen LogP contribution in [0, 0.1) is 0 Å². The Morgan fingerprint density at radius 1 is 0.923 bits per heavy atom. The zero-order chi connectivity index (χ0) is 28.2. The molecule has 15 heteroatoms. The molecule has 8 N–H and O–H groups in total. The number of hydrogen-bond donors (Lipinski definition) is 5. The van der Waals surface area contributed by atoms with Crippen LogP contribution in [0.15, 0.2) is 53.3 Å². The minimum atomic E-state index is -4.74. The van der Waals surface area contributed by atoms with Gasteiger partial charge in [-0.25, -0.2) is 0 Å². The molecule has 3 rings (SSSR count). The van der Waals surface area contributed by atoms with Gasteiger partial charge in [-0.1, -0.05) is 48.0 Å². The van der Waals surface area contributed by atoms with Crippen molar-refractivity contribution in [3.05, 3.63) is 91.7 Å². The molecule has 0 bridgehead atoms. The minimum Gasteiger partial charge on any atom is -0.548 e. The van der Waals surface area contributed by atoms with E-state index in [1.807, 2.05) is 5.32 Å². The molecule has 0 saturated heterocycles. The van der Waals surface area contributed by atoms with Crippen LogP contribution in [0.2, 0.25) is 5.02 Å². The Morgan fingerprint density at radius 2 is 1.49 bits per heavy atom. The van der Waals surface area contributed by atoms with Gasteiger partial charge in [0.15, 0.2) is 5.75 Å². The number of carbonyl (C=O) groups excluding carboxylic acids is 3. The quantitative estimate of drug-likeness (QED) is 0.272. The molecular weight excluding hydrogens is 549 g/mol. The first-order valence-corrected chi connectivity index (χ1v) is 11.0. The summed E-state index contributed by atoms with van der Waals surface area (Å²) in [6.45, 7) is -2.26. The van der Waals surface area contributed by atoms with Crippen molar-refractivity contribution >= 4 is 29.4 Å². The fourth-order valence-corrected chi connectivity index (χ4v) is 3.71. The van der Waals surface area contributed by atoms with Crippen molar-refractivity contribution in [1.82, 2.24) is 21.4 Å². The van der Waals surface area contributed by atoms with E-state index in [1.165, 1.54) is 18.2 Å². The maximum absolute atomic E-state index is 13.3. The molecule has 2 aromatic carbocycles. The highest BCUT2D eigenvalue weighted by Crippen LogP contribution is 2.33. The van der Waals surface area contributed by atoms with E-state index >= 15 is 0 Å². The van der Waals surface area contributed by atoms with Crippen molar-refractivity contribution in [2.75, 3.05) is 6.54 Å². The maximum atomic E-state index is 13.3. The number of hydrogen-bond acceptors (Lipinski definition) is 7. The lowest BCUT2D eigenvalue weighted by Gasteiger charge is -2.18. The number of carboxylic acids is 1. The van der Waals surface area contributed by atoms with Crippen LogP contribution in [0.1, 0.15) is 37.4 Å². The van der Waals surface area contributed by atoms with Gasteiger partial charge in [0.25, 0.3) is 17.4 Å². The highest BCUT2D eigenvalue weighted by molar-refractivity contribution is 6.31. The van der Waals surface area contributed by atoms with Crippen LogP contribution < -0.4 is 27.4 Å². The number of aromatic nitrogens is 1. The Hall–Kier alpha value is -4.56. The molecule has 2 amide bonds. The number of carbonyl (C=O) groups is 3. The Balaban J connectivity index is 0.00000533. The fraction of sp³-hybridized carbons (Fsp3) is 0.167.